The zero-order valence-corrected chi connectivity index (χ0v) is 10.1. The lowest BCUT2D eigenvalue weighted by molar-refractivity contribution is -0.121. The molecule has 4 nitrogen and oxygen atoms in total. The smallest absolute Gasteiger partial charge is 0.240 e. The van der Waals surface area contributed by atoms with Gasteiger partial charge in [-0.1, -0.05) is 12.1 Å². The number of fused-ring (bicyclic) bond motifs is 1. The van der Waals surface area contributed by atoms with Gasteiger partial charge in [-0.25, -0.2) is 0 Å². The van der Waals surface area contributed by atoms with E-state index in [-0.39, 0.29) is 12.5 Å². The van der Waals surface area contributed by atoms with Gasteiger partial charge in [0.15, 0.2) is 0 Å². The number of amides is 1. The van der Waals surface area contributed by atoms with Crippen molar-refractivity contribution in [2.75, 3.05) is 0 Å². The second-order valence-corrected chi connectivity index (χ2v) is 4.84. The predicted octanol–water partition coefficient (Wildman–Crippen LogP) is 1.41. The molecule has 1 amide bonds. The molecule has 1 fully saturated rings. The van der Waals surface area contributed by atoms with E-state index >= 15 is 0 Å². The number of carbonyl (C=O) groups excluding carboxylic acids is 1. The van der Waals surface area contributed by atoms with E-state index in [0.717, 1.165) is 29.3 Å². The van der Waals surface area contributed by atoms with Crippen molar-refractivity contribution in [3.63, 3.8) is 0 Å². The number of aliphatic hydroxyl groups excluding tert-OH is 1. The lowest BCUT2D eigenvalue weighted by atomic mass is 10.2. The standard InChI is InChI=1S/C14H16N2O2/c17-9-10-1-2-11-5-6-16(13(11)7-10)8-14(18)15-12-3-4-12/h1-2,5-7,12,17H,3-4,8-9H2,(H,15,18). The van der Waals surface area contributed by atoms with Crippen molar-refractivity contribution in [3.8, 4) is 0 Å². The Hall–Kier alpha value is -1.81. The number of rotatable bonds is 4. The van der Waals surface area contributed by atoms with Crippen molar-refractivity contribution in [3.05, 3.63) is 36.0 Å². The molecule has 0 atom stereocenters. The maximum absolute atomic E-state index is 11.8. The van der Waals surface area contributed by atoms with Gasteiger partial charge in [-0.15, -0.1) is 0 Å². The van der Waals surface area contributed by atoms with E-state index in [0.29, 0.717) is 12.6 Å². The summed E-state index contributed by atoms with van der Waals surface area (Å²) in [5, 5.41) is 13.2. The summed E-state index contributed by atoms with van der Waals surface area (Å²) in [6.45, 7) is 0.365. The van der Waals surface area contributed by atoms with Crippen LogP contribution in [0, 0.1) is 0 Å². The van der Waals surface area contributed by atoms with Crippen LogP contribution in [0.15, 0.2) is 30.5 Å². The predicted molar refractivity (Wildman–Crippen MR) is 69.0 cm³/mol. The molecule has 4 heteroatoms. The number of aromatic nitrogens is 1. The summed E-state index contributed by atoms with van der Waals surface area (Å²) in [5.74, 6) is 0.0596. The van der Waals surface area contributed by atoms with Crippen molar-refractivity contribution in [2.24, 2.45) is 0 Å². The lowest BCUT2D eigenvalue weighted by Crippen LogP contribution is -2.29. The average Bonchev–Trinajstić information content (AvgIpc) is 3.10. The number of hydrogen-bond donors (Lipinski definition) is 2. The van der Waals surface area contributed by atoms with Crippen molar-refractivity contribution in [1.29, 1.82) is 0 Å². The van der Waals surface area contributed by atoms with E-state index in [9.17, 15) is 4.79 Å². The van der Waals surface area contributed by atoms with E-state index in [1.165, 1.54) is 0 Å². The van der Waals surface area contributed by atoms with Crippen LogP contribution in [-0.2, 0) is 17.9 Å². The Morgan fingerprint density at radius 2 is 2.22 bits per heavy atom. The first-order valence-electron chi connectivity index (χ1n) is 6.24. The minimum absolute atomic E-state index is 0.0232. The fourth-order valence-electron chi connectivity index (χ4n) is 2.12. The van der Waals surface area contributed by atoms with Gasteiger partial charge in [0, 0.05) is 17.8 Å². The fraction of sp³-hybridized carbons (Fsp3) is 0.357. The SMILES string of the molecule is O=C(Cn1ccc2ccc(CO)cc21)NC1CC1. The minimum atomic E-state index is 0.0232. The summed E-state index contributed by atoms with van der Waals surface area (Å²) in [5.41, 5.74) is 1.86. The molecule has 0 saturated heterocycles. The van der Waals surface area contributed by atoms with Crippen molar-refractivity contribution in [2.45, 2.75) is 32.0 Å². The third-order valence-corrected chi connectivity index (χ3v) is 3.28. The number of hydrogen-bond acceptors (Lipinski definition) is 2. The van der Waals surface area contributed by atoms with Gasteiger partial charge in [0.2, 0.25) is 5.91 Å². The Labute approximate surface area is 105 Å². The van der Waals surface area contributed by atoms with E-state index in [1.807, 2.05) is 35.0 Å². The Balaban J connectivity index is 1.83. The molecule has 3 rings (SSSR count). The summed E-state index contributed by atoms with van der Waals surface area (Å²) in [7, 11) is 0. The molecule has 94 valence electrons. The molecular weight excluding hydrogens is 228 g/mol. The van der Waals surface area contributed by atoms with Gasteiger partial charge >= 0.3 is 0 Å². The monoisotopic (exact) mass is 244 g/mol. The summed E-state index contributed by atoms with van der Waals surface area (Å²) in [4.78, 5) is 11.8. The minimum Gasteiger partial charge on any atom is -0.392 e. The molecular formula is C14H16N2O2. The Morgan fingerprint density at radius 1 is 1.39 bits per heavy atom. The highest BCUT2D eigenvalue weighted by Gasteiger charge is 2.23. The zero-order chi connectivity index (χ0) is 12.5. The highest BCUT2D eigenvalue weighted by atomic mass is 16.3. The molecule has 0 aliphatic heterocycles. The fourth-order valence-corrected chi connectivity index (χ4v) is 2.12. The number of benzene rings is 1. The molecule has 0 radical (unpaired) electrons. The number of nitrogens with one attached hydrogen (secondary N) is 1. The summed E-state index contributed by atoms with van der Waals surface area (Å²) in [6, 6.07) is 8.18. The zero-order valence-electron chi connectivity index (χ0n) is 10.1. The van der Waals surface area contributed by atoms with Crippen LogP contribution in [0.3, 0.4) is 0 Å². The third-order valence-electron chi connectivity index (χ3n) is 3.28. The molecule has 1 aromatic heterocycles. The van der Waals surface area contributed by atoms with Crippen LogP contribution in [0.1, 0.15) is 18.4 Å². The van der Waals surface area contributed by atoms with Crippen LogP contribution in [0.2, 0.25) is 0 Å². The van der Waals surface area contributed by atoms with E-state index in [2.05, 4.69) is 5.32 Å². The van der Waals surface area contributed by atoms with Crippen LogP contribution in [0.4, 0.5) is 0 Å². The molecule has 1 saturated carbocycles. The van der Waals surface area contributed by atoms with Gasteiger partial charge in [0.1, 0.15) is 6.54 Å². The van der Waals surface area contributed by atoms with Crippen LogP contribution >= 0.6 is 0 Å². The Kier molecular flexibility index (Phi) is 2.80. The van der Waals surface area contributed by atoms with E-state index < -0.39 is 0 Å². The molecule has 18 heavy (non-hydrogen) atoms. The highest BCUT2D eigenvalue weighted by Crippen LogP contribution is 2.20. The van der Waals surface area contributed by atoms with Crippen LogP contribution in [-0.4, -0.2) is 21.6 Å². The van der Waals surface area contributed by atoms with Crippen LogP contribution < -0.4 is 5.32 Å². The van der Waals surface area contributed by atoms with Crippen molar-refractivity contribution < 1.29 is 9.90 Å². The number of nitrogens with zero attached hydrogens (tertiary/aromatic N) is 1. The van der Waals surface area contributed by atoms with E-state index in [1.54, 1.807) is 0 Å². The summed E-state index contributed by atoms with van der Waals surface area (Å²) >= 11 is 0. The van der Waals surface area contributed by atoms with Gasteiger partial charge in [0.05, 0.1) is 6.61 Å². The summed E-state index contributed by atoms with van der Waals surface area (Å²) < 4.78 is 1.92. The van der Waals surface area contributed by atoms with Crippen LogP contribution in [0.25, 0.3) is 10.9 Å². The summed E-state index contributed by atoms with van der Waals surface area (Å²) in [6.07, 6.45) is 4.12. The molecule has 2 aromatic rings. The molecule has 0 spiro atoms. The largest absolute Gasteiger partial charge is 0.392 e. The third kappa shape index (κ3) is 2.24. The maximum atomic E-state index is 11.8. The van der Waals surface area contributed by atoms with E-state index in [4.69, 9.17) is 5.11 Å². The van der Waals surface area contributed by atoms with Gasteiger partial charge < -0.3 is 15.0 Å². The van der Waals surface area contributed by atoms with Gasteiger partial charge in [-0.3, -0.25) is 4.79 Å². The molecule has 1 heterocycles. The Morgan fingerprint density at radius 3 is 2.94 bits per heavy atom. The normalized spacial score (nSPS) is 14.9. The molecule has 1 aliphatic rings. The first-order chi connectivity index (χ1) is 8.76. The van der Waals surface area contributed by atoms with Crippen molar-refractivity contribution in [1.82, 2.24) is 9.88 Å². The molecule has 1 aliphatic carbocycles. The van der Waals surface area contributed by atoms with Crippen molar-refractivity contribution >= 4 is 16.8 Å². The quantitative estimate of drug-likeness (QED) is 0.854. The first-order valence-corrected chi connectivity index (χ1v) is 6.24. The average molecular weight is 244 g/mol. The van der Waals surface area contributed by atoms with Gasteiger partial charge in [0.25, 0.3) is 0 Å². The lowest BCUT2D eigenvalue weighted by Gasteiger charge is -2.07. The van der Waals surface area contributed by atoms with Gasteiger partial charge in [-0.2, -0.15) is 0 Å². The van der Waals surface area contributed by atoms with Gasteiger partial charge in [-0.05, 0) is 35.9 Å². The second kappa shape index (κ2) is 4.46. The number of carbonyl (C=O) groups is 1. The first kappa shape index (κ1) is 11.3. The molecule has 1 aromatic carbocycles. The highest BCUT2D eigenvalue weighted by molar-refractivity contribution is 5.84. The maximum Gasteiger partial charge on any atom is 0.240 e. The number of aliphatic hydroxyl groups is 1. The second-order valence-electron chi connectivity index (χ2n) is 4.84. The molecule has 0 unspecified atom stereocenters. The topological polar surface area (TPSA) is 54.3 Å². The molecule has 2 N–H and O–H groups in total. The van der Waals surface area contributed by atoms with Crippen LogP contribution in [0.5, 0.6) is 0 Å². The molecule has 0 bridgehead atoms. The Bertz CT molecular complexity index is 584.